The quantitative estimate of drug-likeness (QED) is 0.152. The van der Waals surface area contributed by atoms with Crippen LogP contribution in [0.4, 0.5) is 17.6 Å². The monoisotopic (exact) mass is 653 g/mol. The molecular formula is C29H22ClF4N10O2+. The summed E-state index contributed by atoms with van der Waals surface area (Å²) in [6.07, 6.45) is 4.68. The van der Waals surface area contributed by atoms with Gasteiger partial charge >= 0.3 is 6.18 Å². The number of halogens is 5. The topological polar surface area (TPSA) is 125 Å². The zero-order valence-corrected chi connectivity index (χ0v) is 24.3. The largest absolute Gasteiger partial charge is 0.433 e. The molecule has 234 valence electrons. The number of aromatic nitrogens is 10. The number of ether oxygens (including phenoxy) is 1. The van der Waals surface area contributed by atoms with E-state index in [0.717, 1.165) is 28.3 Å². The standard InChI is InChI=1S/C29H22ClF4N10O2/c30-21-2-4-24(43-16-36-39-40-43)27(28(21)31)19-1-3-23(44(45)13-19)25(14-41-11-18-6-8-46-15-22(18)38-41)42-12-20(10-37-42)17-5-7-35-26(9-17)29(32,33)34/h1-5,7,9-13,16,25,45H,6,8,14-15H2/q+1. The van der Waals surface area contributed by atoms with Gasteiger partial charge < -0.3 is 4.74 Å². The molecule has 12 nitrogen and oxygen atoms in total. The number of hydrogen-bond acceptors (Lipinski definition) is 8. The fourth-order valence-electron chi connectivity index (χ4n) is 5.38. The molecule has 46 heavy (non-hydrogen) atoms. The second-order valence-corrected chi connectivity index (χ2v) is 10.9. The Kier molecular flexibility index (Phi) is 7.44. The number of pyridine rings is 2. The van der Waals surface area contributed by atoms with Gasteiger partial charge in [-0.2, -0.15) is 28.1 Å². The molecular weight excluding hydrogens is 632 g/mol. The van der Waals surface area contributed by atoms with Gasteiger partial charge in [-0.3, -0.25) is 19.6 Å². The summed E-state index contributed by atoms with van der Waals surface area (Å²) in [5.41, 5.74) is 2.37. The summed E-state index contributed by atoms with van der Waals surface area (Å²) in [7, 11) is 0. The van der Waals surface area contributed by atoms with Crippen LogP contribution in [0.2, 0.25) is 5.02 Å². The average molecular weight is 654 g/mol. The van der Waals surface area contributed by atoms with Crippen LogP contribution in [0.3, 0.4) is 0 Å². The zero-order valence-electron chi connectivity index (χ0n) is 23.6. The highest BCUT2D eigenvalue weighted by molar-refractivity contribution is 6.31. The fourth-order valence-corrected chi connectivity index (χ4v) is 5.54. The van der Waals surface area contributed by atoms with E-state index < -0.39 is 23.7 Å². The molecule has 1 atom stereocenters. The highest BCUT2D eigenvalue weighted by Crippen LogP contribution is 2.34. The van der Waals surface area contributed by atoms with Crippen molar-refractivity contribution in [1.29, 1.82) is 0 Å². The van der Waals surface area contributed by atoms with Gasteiger partial charge in [0.25, 0.3) is 5.69 Å². The predicted molar refractivity (Wildman–Crippen MR) is 151 cm³/mol. The van der Waals surface area contributed by atoms with E-state index in [1.54, 1.807) is 29.1 Å². The molecule has 0 aliphatic carbocycles. The molecule has 1 aliphatic heterocycles. The highest BCUT2D eigenvalue weighted by atomic mass is 35.5. The van der Waals surface area contributed by atoms with Crippen molar-refractivity contribution in [3.8, 4) is 27.9 Å². The average Bonchev–Trinajstić information content (AvgIpc) is 3.82. The van der Waals surface area contributed by atoms with Crippen LogP contribution < -0.4 is 4.73 Å². The summed E-state index contributed by atoms with van der Waals surface area (Å²) in [4.78, 5) is 3.43. The SMILES string of the molecule is O[n+]1cc(-c2c(-n3cnnn3)ccc(Cl)c2F)ccc1C(Cn1cc2c(n1)COCC2)n1cc(-c2ccnc(C(F)(F)F)c2)cn1. The van der Waals surface area contributed by atoms with Crippen molar-refractivity contribution in [3.05, 3.63) is 107 Å². The van der Waals surface area contributed by atoms with Crippen LogP contribution in [0.5, 0.6) is 0 Å². The molecule has 0 amide bonds. The maximum Gasteiger partial charge on any atom is 0.433 e. The van der Waals surface area contributed by atoms with Crippen LogP contribution in [0.1, 0.15) is 28.7 Å². The molecule has 7 rings (SSSR count). The first-order chi connectivity index (χ1) is 22.2. The van der Waals surface area contributed by atoms with Gasteiger partial charge in [0.2, 0.25) is 6.20 Å². The third-order valence-electron chi connectivity index (χ3n) is 7.60. The van der Waals surface area contributed by atoms with Crippen LogP contribution in [-0.2, 0) is 30.5 Å². The number of tetrazole rings is 1. The summed E-state index contributed by atoms with van der Waals surface area (Å²) in [5.74, 6) is -0.740. The minimum Gasteiger partial charge on any atom is -0.375 e. The first-order valence-electron chi connectivity index (χ1n) is 13.8. The minimum absolute atomic E-state index is 0.0463. The Morgan fingerprint density at radius 3 is 2.72 bits per heavy atom. The molecule has 0 spiro atoms. The lowest BCUT2D eigenvalue weighted by Gasteiger charge is -2.16. The molecule has 1 aromatic carbocycles. The van der Waals surface area contributed by atoms with E-state index in [2.05, 4.69) is 30.7 Å². The van der Waals surface area contributed by atoms with E-state index in [4.69, 9.17) is 16.3 Å². The van der Waals surface area contributed by atoms with Gasteiger partial charge in [-0.05, 0) is 58.3 Å². The van der Waals surface area contributed by atoms with E-state index in [-0.39, 0.29) is 33.9 Å². The lowest BCUT2D eigenvalue weighted by molar-refractivity contribution is -0.910. The molecule has 0 fully saturated rings. The second kappa shape index (κ2) is 11.6. The zero-order chi connectivity index (χ0) is 32.0. The Balaban J connectivity index is 1.30. The summed E-state index contributed by atoms with van der Waals surface area (Å²) in [5, 5.41) is 31.4. The summed E-state index contributed by atoms with van der Waals surface area (Å²) >= 11 is 6.12. The van der Waals surface area contributed by atoms with Gasteiger partial charge in [-0.25, -0.2) is 4.39 Å². The number of alkyl halides is 3. The van der Waals surface area contributed by atoms with Gasteiger partial charge in [-0.1, -0.05) is 11.6 Å². The van der Waals surface area contributed by atoms with E-state index in [1.807, 2.05) is 6.20 Å². The molecule has 0 bridgehead atoms. The van der Waals surface area contributed by atoms with Crippen LogP contribution >= 0.6 is 11.6 Å². The summed E-state index contributed by atoms with van der Waals surface area (Å²) in [6.45, 7) is 1.12. The highest BCUT2D eigenvalue weighted by Gasteiger charge is 2.33. The summed E-state index contributed by atoms with van der Waals surface area (Å²) < 4.78 is 66.4. The lowest BCUT2D eigenvalue weighted by Crippen LogP contribution is -2.39. The smallest absolute Gasteiger partial charge is 0.375 e. The first kappa shape index (κ1) is 29.5. The van der Waals surface area contributed by atoms with Gasteiger partial charge in [0.1, 0.15) is 12.0 Å². The van der Waals surface area contributed by atoms with Gasteiger partial charge in [0.05, 0.1) is 53.5 Å². The van der Waals surface area contributed by atoms with Crippen molar-refractivity contribution >= 4 is 11.6 Å². The second-order valence-electron chi connectivity index (χ2n) is 10.5. The number of rotatable bonds is 7. The summed E-state index contributed by atoms with van der Waals surface area (Å²) in [6, 6.07) is 7.79. The van der Waals surface area contributed by atoms with Crippen molar-refractivity contribution < 1.29 is 32.2 Å². The molecule has 0 saturated carbocycles. The van der Waals surface area contributed by atoms with E-state index in [1.165, 1.54) is 40.2 Å². The van der Waals surface area contributed by atoms with Crippen LogP contribution in [0.15, 0.2) is 73.7 Å². The Hall–Kier alpha value is -5.22. The Bertz CT molecular complexity index is 2020. The van der Waals surface area contributed by atoms with Gasteiger partial charge in [0, 0.05) is 35.0 Å². The van der Waals surface area contributed by atoms with Gasteiger partial charge in [0.15, 0.2) is 11.9 Å². The van der Waals surface area contributed by atoms with Crippen molar-refractivity contribution in [3.63, 3.8) is 0 Å². The maximum atomic E-state index is 15.4. The van der Waals surface area contributed by atoms with Crippen molar-refractivity contribution in [2.45, 2.75) is 31.8 Å². The molecule has 6 heterocycles. The predicted octanol–water partition coefficient (Wildman–Crippen LogP) is 4.48. The molecule has 17 heteroatoms. The number of hydrogen-bond donors (Lipinski definition) is 1. The van der Waals surface area contributed by atoms with E-state index in [9.17, 15) is 18.4 Å². The van der Waals surface area contributed by atoms with Crippen LogP contribution in [0.25, 0.3) is 27.9 Å². The van der Waals surface area contributed by atoms with Crippen molar-refractivity contribution in [2.24, 2.45) is 0 Å². The third kappa shape index (κ3) is 5.56. The molecule has 1 unspecified atom stereocenters. The molecule has 0 saturated heterocycles. The number of nitrogens with zero attached hydrogens (tertiary/aromatic N) is 10. The number of benzene rings is 1. The minimum atomic E-state index is -4.62. The molecule has 6 aromatic rings. The van der Waals surface area contributed by atoms with Crippen molar-refractivity contribution in [2.75, 3.05) is 6.61 Å². The van der Waals surface area contributed by atoms with Crippen LogP contribution in [-0.4, -0.2) is 56.6 Å². The normalized spacial score (nSPS) is 13.9. The Morgan fingerprint density at radius 2 is 1.96 bits per heavy atom. The Labute approximate surface area is 262 Å². The lowest BCUT2D eigenvalue weighted by atomic mass is 10.0. The first-order valence-corrected chi connectivity index (χ1v) is 14.2. The molecule has 1 aliphatic rings. The van der Waals surface area contributed by atoms with Crippen LogP contribution in [0, 0.1) is 5.82 Å². The molecule has 5 aromatic heterocycles. The fraction of sp³-hybridized carbons (Fsp3) is 0.207. The van der Waals surface area contributed by atoms with Gasteiger partial charge in [-0.15, -0.1) is 5.10 Å². The Morgan fingerprint density at radius 1 is 1.09 bits per heavy atom. The third-order valence-corrected chi connectivity index (χ3v) is 7.89. The van der Waals surface area contributed by atoms with Crippen molar-refractivity contribution in [1.82, 2.24) is 44.8 Å². The van der Waals surface area contributed by atoms with E-state index in [0.29, 0.717) is 30.9 Å². The molecule has 1 N–H and O–H groups in total. The molecule has 0 radical (unpaired) electrons. The number of fused-ring (bicyclic) bond motifs is 1. The van der Waals surface area contributed by atoms with E-state index >= 15 is 4.39 Å². The maximum absolute atomic E-state index is 15.4.